The van der Waals surface area contributed by atoms with Crippen LogP contribution in [0.1, 0.15) is 25.3 Å². The Bertz CT molecular complexity index is 735. The Labute approximate surface area is 111 Å². The molecule has 0 amide bonds. The minimum Gasteiger partial charge on any atom is -0.384 e. The average Bonchev–Trinajstić information content (AvgIpc) is 2.92. The van der Waals surface area contributed by atoms with Gasteiger partial charge in [-0.05, 0) is 18.1 Å². The van der Waals surface area contributed by atoms with Crippen LogP contribution >= 0.6 is 0 Å². The van der Waals surface area contributed by atoms with Crippen molar-refractivity contribution in [2.24, 2.45) is 7.05 Å². The summed E-state index contributed by atoms with van der Waals surface area (Å²) in [5.74, 6) is 1.04. The van der Waals surface area contributed by atoms with Gasteiger partial charge in [0.15, 0.2) is 0 Å². The monoisotopic (exact) mass is 255 g/mol. The zero-order valence-electron chi connectivity index (χ0n) is 11.3. The second kappa shape index (κ2) is 4.12. The zero-order valence-corrected chi connectivity index (χ0v) is 11.3. The number of nitrogens with zero attached hydrogens (tertiary/aromatic N) is 4. The number of anilines is 1. The Morgan fingerprint density at radius 3 is 2.79 bits per heavy atom. The third-order valence-corrected chi connectivity index (χ3v) is 3.39. The van der Waals surface area contributed by atoms with Crippen molar-refractivity contribution in [3.63, 3.8) is 0 Å². The molecule has 0 saturated carbocycles. The van der Waals surface area contributed by atoms with E-state index >= 15 is 0 Å². The van der Waals surface area contributed by atoms with Crippen LogP contribution in [0, 0.1) is 0 Å². The molecular weight excluding hydrogens is 238 g/mol. The molecule has 98 valence electrons. The summed E-state index contributed by atoms with van der Waals surface area (Å²) in [6.07, 6.45) is 3.78. The molecule has 0 bridgehead atoms. The number of rotatable bonds is 2. The fourth-order valence-electron chi connectivity index (χ4n) is 2.44. The molecule has 0 fully saturated rings. The lowest BCUT2D eigenvalue weighted by Crippen LogP contribution is -2.00. The topological polar surface area (TPSA) is 61.1 Å². The van der Waals surface area contributed by atoms with Crippen LogP contribution in [-0.2, 0) is 7.05 Å². The van der Waals surface area contributed by atoms with Crippen molar-refractivity contribution in [1.29, 1.82) is 0 Å². The van der Waals surface area contributed by atoms with Gasteiger partial charge in [0.2, 0.25) is 0 Å². The number of nitrogens with two attached hydrogens (primary N) is 1. The number of pyridine rings is 1. The van der Waals surface area contributed by atoms with Crippen LogP contribution in [-0.4, -0.2) is 19.4 Å². The Morgan fingerprint density at radius 1 is 1.26 bits per heavy atom. The predicted molar refractivity (Wildman–Crippen MR) is 75.9 cm³/mol. The van der Waals surface area contributed by atoms with E-state index in [-0.39, 0.29) is 0 Å². The number of hydrogen-bond donors (Lipinski definition) is 1. The minimum atomic E-state index is 0.322. The molecule has 5 nitrogen and oxygen atoms in total. The van der Waals surface area contributed by atoms with E-state index < -0.39 is 0 Å². The number of nitrogen functional groups attached to an aromatic ring is 1. The number of aryl methyl sites for hydroxylation is 1. The highest BCUT2D eigenvalue weighted by atomic mass is 15.3. The summed E-state index contributed by atoms with van der Waals surface area (Å²) in [6, 6.07) is 6.00. The maximum Gasteiger partial charge on any atom is 0.125 e. The van der Waals surface area contributed by atoms with Crippen molar-refractivity contribution in [2.45, 2.75) is 19.8 Å². The summed E-state index contributed by atoms with van der Waals surface area (Å²) >= 11 is 0. The van der Waals surface area contributed by atoms with Crippen LogP contribution in [0.2, 0.25) is 0 Å². The van der Waals surface area contributed by atoms with Gasteiger partial charge in [-0.2, -0.15) is 10.2 Å². The molecule has 2 N–H and O–H groups in total. The van der Waals surface area contributed by atoms with Crippen LogP contribution < -0.4 is 5.73 Å². The summed E-state index contributed by atoms with van der Waals surface area (Å²) in [7, 11) is 1.87. The van der Waals surface area contributed by atoms with E-state index in [2.05, 4.69) is 24.0 Å². The van der Waals surface area contributed by atoms with Gasteiger partial charge in [-0.25, -0.2) is 4.52 Å². The highest BCUT2D eigenvalue weighted by Gasteiger charge is 2.20. The molecule has 0 unspecified atom stereocenters. The third-order valence-electron chi connectivity index (χ3n) is 3.39. The maximum absolute atomic E-state index is 6.13. The molecule has 3 rings (SSSR count). The van der Waals surface area contributed by atoms with Gasteiger partial charge in [0.05, 0.1) is 11.7 Å². The van der Waals surface area contributed by atoms with E-state index in [1.54, 1.807) is 4.68 Å². The summed E-state index contributed by atoms with van der Waals surface area (Å²) < 4.78 is 3.58. The lowest BCUT2D eigenvalue weighted by molar-refractivity contribution is 0.780. The fourth-order valence-corrected chi connectivity index (χ4v) is 2.44. The van der Waals surface area contributed by atoms with Crippen molar-refractivity contribution < 1.29 is 0 Å². The highest BCUT2D eigenvalue weighted by Crippen LogP contribution is 2.34. The maximum atomic E-state index is 6.13. The largest absolute Gasteiger partial charge is 0.384 e. The summed E-state index contributed by atoms with van der Waals surface area (Å²) in [6.45, 7) is 4.26. The van der Waals surface area contributed by atoms with Crippen LogP contribution in [0.15, 0.2) is 30.6 Å². The first-order valence-corrected chi connectivity index (χ1v) is 6.34. The van der Waals surface area contributed by atoms with Crippen molar-refractivity contribution in [1.82, 2.24) is 19.4 Å². The van der Waals surface area contributed by atoms with Crippen molar-refractivity contribution in [3.05, 3.63) is 36.2 Å². The normalized spacial score (nSPS) is 11.6. The Morgan fingerprint density at radius 2 is 2.05 bits per heavy atom. The Hall–Kier alpha value is -2.30. The zero-order chi connectivity index (χ0) is 13.6. The van der Waals surface area contributed by atoms with Gasteiger partial charge in [-0.3, -0.25) is 4.68 Å². The standard InChI is InChI=1S/C14H17N5/c1-9(2)12-13(17-18(3)14(12)15)10-8-16-19-7-5-4-6-11(10)19/h4-9H,15H2,1-3H3. The first-order valence-electron chi connectivity index (χ1n) is 6.34. The van der Waals surface area contributed by atoms with E-state index in [1.165, 1.54) is 0 Å². The molecule has 0 radical (unpaired) electrons. The lowest BCUT2D eigenvalue weighted by Gasteiger charge is -2.06. The molecular formula is C14H17N5. The highest BCUT2D eigenvalue weighted by molar-refractivity contribution is 5.81. The number of hydrogen-bond acceptors (Lipinski definition) is 3. The Kier molecular flexibility index (Phi) is 2.55. The van der Waals surface area contributed by atoms with E-state index in [1.807, 2.05) is 42.2 Å². The molecule has 0 aliphatic carbocycles. The van der Waals surface area contributed by atoms with Gasteiger partial charge in [0, 0.05) is 24.4 Å². The molecule has 3 aromatic rings. The second-order valence-electron chi connectivity index (χ2n) is 5.01. The number of aromatic nitrogens is 4. The lowest BCUT2D eigenvalue weighted by atomic mass is 9.99. The molecule has 0 atom stereocenters. The summed E-state index contributed by atoms with van der Waals surface area (Å²) in [5, 5.41) is 8.92. The van der Waals surface area contributed by atoms with Gasteiger partial charge in [-0.15, -0.1) is 0 Å². The van der Waals surface area contributed by atoms with E-state index in [9.17, 15) is 0 Å². The second-order valence-corrected chi connectivity index (χ2v) is 5.01. The van der Waals surface area contributed by atoms with Crippen molar-refractivity contribution in [2.75, 3.05) is 5.73 Å². The quantitative estimate of drug-likeness (QED) is 0.765. The van der Waals surface area contributed by atoms with Gasteiger partial charge < -0.3 is 5.73 Å². The summed E-state index contributed by atoms with van der Waals surface area (Å²) in [5.41, 5.74) is 10.2. The number of fused-ring (bicyclic) bond motifs is 1. The molecule has 5 heteroatoms. The van der Waals surface area contributed by atoms with E-state index in [0.717, 1.165) is 28.2 Å². The van der Waals surface area contributed by atoms with E-state index in [0.29, 0.717) is 5.92 Å². The summed E-state index contributed by atoms with van der Waals surface area (Å²) in [4.78, 5) is 0. The first kappa shape index (κ1) is 11.8. The first-order chi connectivity index (χ1) is 9.09. The molecule has 19 heavy (non-hydrogen) atoms. The van der Waals surface area contributed by atoms with Crippen molar-refractivity contribution >= 4 is 11.3 Å². The van der Waals surface area contributed by atoms with Gasteiger partial charge in [0.25, 0.3) is 0 Å². The van der Waals surface area contributed by atoms with Crippen molar-refractivity contribution in [3.8, 4) is 11.3 Å². The Balaban J connectivity index is 2.30. The van der Waals surface area contributed by atoms with E-state index in [4.69, 9.17) is 5.73 Å². The van der Waals surface area contributed by atoms with Crippen LogP contribution in [0.5, 0.6) is 0 Å². The molecule has 0 aliphatic heterocycles. The predicted octanol–water partition coefficient (Wildman–Crippen LogP) is 2.44. The smallest absolute Gasteiger partial charge is 0.125 e. The van der Waals surface area contributed by atoms with Gasteiger partial charge in [0.1, 0.15) is 11.5 Å². The molecule has 0 spiro atoms. The average molecular weight is 255 g/mol. The molecule has 0 saturated heterocycles. The molecule has 3 aromatic heterocycles. The minimum absolute atomic E-state index is 0.322. The molecule has 3 heterocycles. The van der Waals surface area contributed by atoms with Crippen LogP contribution in [0.4, 0.5) is 5.82 Å². The third kappa shape index (κ3) is 1.69. The van der Waals surface area contributed by atoms with Gasteiger partial charge in [-0.1, -0.05) is 19.9 Å². The van der Waals surface area contributed by atoms with Gasteiger partial charge >= 0.3 is 0 Å². The molecule has 0 aliphatic rings. The van der Waals surface area contributed by atoms with Crippen LogP contribution in [0.3, 0.4) is 0 Å². The SMILES string of the molecule is CC(C)c1c(-c2cnn3ccccc23)nn(C)c1N. The van der Waals surface area contributed by atoms with Crippen LogP contribution in [0.25, 0.3) is 16.8 Å². The molecule has 0 aromatic carbocycles. The fraction of sp³-hybridized carbons (Fsp3) is 0.286.